The van der Waals surface area contributed by atoms with Gasteiger partial charge in [0.05, 0.1) is 5.69 Å². The Balaban J connectivity index is 0.920. The molecule has 0 radical (unpaired) electrons. The van der Waals surface area contributed by atoms with Crippen LogP contribution in [0.25, 0.3) is 55.6 Å². The molecule has 0 heterocycles. The zero-order valence-electron chi connectivity index (χ0n) is 46.7. The van der Waals surface area contributed by atoms with Crippen LogP contribution < -0.4 is 9.80 Å². The number of para-hydroxylation sites is 1. The Morgan fingerprint density at radius 3 is 1.40 bits per heavy atom. The van der Waals surface area contributed by atoms with Gasteiger partial charge in [-0.15, -0.1) is 0 Å². The van der Waals surface area contributed by atoms with Gasteiger partial charge in [-0.1, -0.05) is 233 Å². The first kappa shape index (κ1) is 50.3. The van der Waals surface area contributed by atoms with Crippen LogP contribution in [0.15, 0.2) is 261 Å². The topological polar surface area (TPSA) is 6.48 Å². The maximum atomic E-state index is 2.62. The molecule has 1 saturated carbocycles. The van der Waals surface area contributed by atoms with Crippen molar-refractivity contribution in [1.82, 2.24) is 0 Å². The van der Waals surface area contributed by atoms with Crippen LogP contribution in [0, 0.1) is 0 Å². The van der Waals surface area contributed by atoms with Crippen molar-refractivity contribution >= 4 is 34.1 Å². The first-order valence-corrected chi connectivity index (χ1v) is 29.6. The highest BCUT2D eigenvalue weighted by atomic mass is 15.2. The molecule has 1 fully saturated rings. The molecule has 11 aromatic rings. The molecule has 81 heavy (non-hydrogen) atoms. The molecule has 2 heteroatoms. The molecule has 0 N–H and O–H groups in total. The van der Waals surface area contributed by atoms with Crippen molar-refractivity contribution in [3.63, 3.8) is 0 Å². The molecule has 6 aliphatic rings. The number of aryl methyl sites for hydroxylation is 4. The van der Waals surface area contributed by atoms with Crippen molar-refractivity contribution in [3.05, 3.63) is 300 Å². The monoisotopic (exact) mass is 1040 g/mol. The Morgan fingerprint density at radius 1 is 0.321 bits per heavy atom. The summed E-state index contributed by atoms with van der Waals surface area (Å²) in [7, 11) is 0. The van der Waals surface area contributed by atoms with E-state index < -0.39 is 0 Å². The van der Waals surface area contributed by atoms with E-state index >= 15 is 0 Å². The summed E-state index contributed by atoms with van der Waals surface area (Å²) in [6, 6.07) is 98.6. The first-order chi connectivity index (χ1) is 39.9. The zero-order chi connectivity index (χ0) is 54.3. The van der Waals surface area contributed by atoms with Crippen LogP contribution in [-0.4, -0.2) is 0 Å². The zero-order valence-corrected chi connectivity index (χ0v) is 46.7. The second kappa shape index (κ2) is 21.6. The first-order valence-electron chi connectivity index (χ1n) is 29.6. The van der Waals surface area contributed by atoms with E-state index in [1.54, 1.807) is 0 Å². The Kier molecular flexibility index (Phi) is 13.4. The molecule has 6 aliphatic carbocycles. The van der Waals surface area contributed by atoms with E-state index in [9.17, 15) is 0 Å². The van der Waals surface area contributed by atoms with Crippen molar-refractivity contribution in [2.24, 2.45) is 0 Å². The van der Waals surface area contributed by atoms with Crippen molar-refractivity contribution in [3.8, 4) is 55.6 Å². The normalized spacial score (nSPS) is 14.4. The second-order valence-corrected chi connectivity index (χ2v) is 23.3. The SMILES string of the molecule is CC1(C)c2ccccc2-c2cc(-c3ccccc3)c(N(c3ccc(-c4c(-c5ccccc5)cccc4-c4ccccc4)cc3)c3cc4ccc3CCc3ccc(c(N(c5ccccc5)c5ccc(C6CCCCC6)cc5)c3)CC4)cc21. The minimum Gasteiger partial charge on any atom is -0.310 e. The molecule has 0 aromatic heterocycles. The number of nitrogens with zero attached hydrogens (tertiary/aromatic N) is 2. The van der Waals surface area contributed by atoms with E-state index in [4.69, 9.17) is 0 Å². The predicted octanol–water partition coefficient (Wildman–Crippen LogP) is 21.5. The maximum Gasteiger partial charge on any atom is 0.0543 e. The van der Waals surface area contributed by atoms with Crippen LogP contribution in [0.2, 0.25) is 0 Å². The van der Waals surface area contributed by atoms with Gasteiger partial charge >= 0.3 is 0 Å². The molecule has 17 rings (SSSR count). The molecule has 0 unspecified atom stereocenters. The van der Waals surface area contributed by atoms with Gasteiger partial charge in [-0.3, -0.25) is 0 Å². The highest BCUT2D eigenvalue weighted by molar-refractivity contribution is 5.98. The van der Waals surface area contributed by atoms with Crippen LogP contribution in [0.3, 0.4) is 0 Å². The Morgan fingerprint density at radius 2 is 0.802 bits per heavy atom. The molecular weight excluding hydrogens is 977 g/mol. The lowest BCUT2D eigenvalue weighted by molar-refractivity contribution is 0.443. The average Bonchev–Trinajstić information content (AvgIpc) is 3.82. The standard InChI is InChI=1S/C79H68N2/c1-79(2)73-34-19-18-31-70(73)72-53-71(61-27-14-6-15-28-61)77(54-74(72)79)81(67-49-45-64(46-50-67)78-68(59-23-10-4-11-24-59)32-20-33-69(78)60-25-12-5-13-26-60)76-52-56-36-40-62-39-35-55(37-41-63(76)42-38-56)51-75(62)80(65-29-16-7-17-30-65)66-47-43-58(44-48-66)57-21-8-3-9-22-57/h4-7,10-20,23-35,38-39,42-54,57H,3,8-9,21-22,36-37,40-41H2,1-2H3. The van der Waals surface area contributed by atoms with Gasteiger partial charge in [0.1, 0.15) is 0 Å². The third-order valence-corrected chi connectivity index (χ3v) is 18.1. The lowest BCUT2D eigenvalue weighted by atomic mass is 9.81. The number of fused-ring (bicyclic) bond motifs is 3. The largest absolute Gasteiger partial charge is 0.310 e. The van der Waals surface area contributed by atoms with Gasteiger partial charge in [0, 0.05) is 39.4 Å². The van der Waals surface area contributed by atoms with Gasteiger partial charge in [-0.25, -0.2) is 0 Å². The van der Waals surface area contributed by atoms with Gasteiger partial charge in [-0.2, -0.15) is 0 Å². The predicted molar refractivity (Wildman–Crippen MR) is 342 cm³/mol. The molecule has 0 aliphatic heterocycles. The van der Waals surface area contributed by atoms with Gasteiger partial charge < -0.3 is 9.80 Å². The van der Waals surface area contributed by atoms with E-state index in [1.807, 2.05) is 0 Å². The third kappa shape index (κ3) is 9.57. The molecule has 394 valence electrons. The number of hydrogen-bond acceptors (Lipinski definition) is 2. The molecule has 4 bridgehead atoms. The minimum absolute atomic E-state index is 0.198. The molecule has 11 aromatic carbocycles. The molecule has 0 saturated heterocycles. The maximum absolute atomic E-state index is 2.62. The molecule has 0 spiro atoms. The lowest BCUT2D eigenvalue weighted by Crippen LogP contribution is -2.18. The fourth-order valence-corrected chi connectivity index (χ4v) is 13.8. The number of rotatable bonds is 11. The molecule has 0 atom stereocenters. The number of anilines is 6. The molecule has 0 amide bonds. The molecular formula is C79H68N2. The Bertz CT molecular complexity index is 3970. The summed E-state index contributed by atoms with van der Waals surface area (Å²) in [5.41, 5.74) is 29.0. The summed E-state index contributed by atoms with van der Waals surface area (Å²) in [6.45, 7) is 4.82. The fourth-order valence-electron chi connectivity index (χ4n) is 13.8. The number of hydrogen-bond donors (Lipinski definition) is 0. The van der Waals surface area contributed by atoms with Gasteiger partial charge in [0.15, 0.2) is 0 Å². The average molecular weight is 1050 g/mol. The van der Waals surface area contributed by atoms with Crippen LogP contribution in [0.5, 0.6) is 0 Å². The summed E-state index contributed by atoms with van der Waals surface area (Å²) >= 11 is 0. The molecule has 2 nitrogen and oxygen atoms in total. The smallest absolute Gasteiger partial charge is 0.0543 e. The summed E-state index contributed by atoms with van der Waals surface area (Å²) in [6.07, 6.45) is 10.2. The van der Waals surface area contributed by atoms with Crippen molar-refractivity contribution in [2.75, 3.05) is 9.80 Å². The van der Waals surface area contributed by atoms with E-state index in [1.165, 1.54) is 155 Å². The number of benzene rings is 11. The van der Waals surface area contributed by atoms with Gasteiger partial charge in [0.2, 0.25) is 0 Å². The van der Waals surface area contributed by atoms with Crippen molar-refractivity contribution in [1.29, 1.82) is 0 Å². The third-order valence-electron chi connectivity index (χ3n) is 18.1. The Hall–Kier alpha value is -8.98. The summed E-state index contributed by atoms with van der Waals surface area (Å²) in [5, 5.41) is 0. The van der Waals surface area contributed by atoms with Crippen molar-refractivity contribution < 1.29 is 0 Å². The quantitative estimate of drug-likeness (QED) is 0.127. The van der Waals surface area contributed by atoms with Crippen LogP contribution in [0.1, 0.15) is 90.8 Å². The highest BCUT2D eigenvalue weighted by Crippen LogP contribution is 2.54. The lowest BCUT2D eigenvalue weighted by Gasteiger charge is -2.33. The van der Waals surface area contributed by atoms with Gasteiger partial charge in [0.25, 0.3) is 0 Å². The minimum atomic E-state index is -0.198. The summed E-state index contributed by atoms with van der Waals surface area (Å²) in [5.74, 6) is 0.667. The fraction of sp³-hybridized carbons (Fsp3) is 0.165. The van der Waals surface area contributed by atoms with E-state index in [2.05, 4.69) is 285 Å². The van der Waals surface area contributed by atoms with E-state index in [0.717, 1.165) is 31.4 Å². The van der Waals surface area contributed by atoms with E-state index in [-0.39, 0.29) is 5.41 Å². The second-order valence-electron chi connectivity index (χ2n) is 23.3. The Labute approximate surface area is 479 Å². The summed E-state index contributed by atoms with van der Waals surface area (Å²) < 4.78 is 0. The van der Waals surface area contributed by atoms with Crippen LogP contribution in [-0.2, 0) is 31.1 Å². The van der Waals surface area contributed by atoms with E-state index in [0.29, 0.717) is 5.92 Å². The van der Waals surface area contributed by atoms with Crippen LogP contribution >= 0.6 is 0 Å². The van der Waals surface area contributed by atoms with Crippen LogP contribution in [0.4, 0.5) is 34.1 Å². The summed E-state index contributed by atoms with van der Waals surface area (Å²) in [4.78, 5) is 5.15. The van der Waals surface area contributed by atoms with Crippen molar-refractivity contribution in [2.45, 2.75) is 83.0 Å². The highest BCUT2D eigenvalue weighted by Gasteiger charge is 2.37. The van der Waals surface area contributed by atoms with Gasteiger partial charge in [-0.05, 0) is 194 Å².